The predicted molar refractivity (Wildman–Crippen MR) is 63.7 cm³/mol. The first kappa shape index (κ1) is 11.3. The van der Waals surface area contributed by atoms with Gasteiger partial charge in [0, 0.05) is 19.6 Å². The van der Waals surface area contributed by atoms with E-state index in [-0.39, 0.29) is 12.2 Å². The molecule has 3 aliphatic heterocycles. The summed E-state index contributed by atoms with van der Waals surface area (Å²) in [5.74, 6) is 0. The molecule has 92 valence electrons. The fraction of sp³-hybridized carbons (Fsp3) is 1.00. The first-order valence-electron chi connectivity index (χ1n) is 6.06. The minimum absolute atomic E-state index is 0.0522. The number of hydrogen-bond acceptors (Lipinski definition) is 4. The summed E-state index contributed by atoms with van der Waals surface area (Å²) in [5, 5.41) is 22.3. The Labute approximate surface area is 98.3 Å². The predicted octanol–water partition coefficient (Wildman–Crippen LogP) is -2.02. The van der Waals surface area contributed by atoms with Crippen LogP contribution in [0.2, 0.25) is 0 Å². The van der Waals surface area contributed by atoms with Gasteiger partial charge in [0.1, 0.15) is 6.54 Å². The molecule has 0 amide bonds. The van der Waals surface area contributed by atoms with Crippen LogP contribution in [0.5, 0.6) is 0 Å². The number of hydrogen-bond donors (Lipinski definition) is 3. The number of nitrogens with one attached hydrogen (secondary N) is 1. The van der Waals surface area contributed by atoms with E-state index in [4.69, 9.17) is 0 Å². The molecule has 3 rings (SSSR count). The average Bonchev–Trinajstić information content (AvgIpc) is 2.76. The van der Waals surface area contributed by atoms with Gasteiger partial charge in [0.2, 0.25) is 0 Å². The number of piperazine rings is 1. The molecule has 6 heteroatoms. The lowest BCUT2D eigenvalue weighted by molar-refractivity contribution is -0.871. The zero-order valence-electron chi connectivity index (χ0n) is 9.42. The van der Waals surface area contributed by atoms with E-state index in [9.17, 15) is 10.2 Å². The van der Waals surface area contributed by atoms with E-state index in [0.29, 0.717) is 18.6 Å². The molecular formula is C10H21N3O2P+. The SMILES string of the molecule is OC(CNP)CN1CC[N+]23CC(O)C2[C@H]3C1. The molecule has 5 unspecified atom stereocenters. The maximum absolute atomic E-state index is 9.73. The summed E-state index contributed by atoms with van der Waals surface area (Å²) >= 11 is 0. The maximum Gasteiger partial charge on any atom is 0.175 e. The van der Waals surface area contributed by atoms with Gasteiger partial charge < -0.3 is 14.7 Å². The third kappa shape index (κ3) is 1.54. The van der Waals surface area contributed by atoms with Crippen LogP contribution in [0, 0.1) is 0 Å². The van der Waals surface area contributed by atoms with Crippen molar-refractivity contribution in [3.63, 3.8) is 0 Å². The molecule has 0 radical (unpaired) electrons. The molecule has 0 aromatic rings. The highest BCUT2D eigenvalue weighted by Gasteiger charge is 2.79. The summed E-state index contributed by atoms with van der Waals surface area (Å²) in [7, 11) is 2.42. The molecule has 3 fully saturated rings. The number of β-amino-alcohol motifs (C(OH)–C–C–N with tert-alkyl or cyclic N) is 1. The molecule has 3 heterocycles. The summed E-state index contributed by atoms with van der Waals surface area (Å²) in [6.07, 6.45) is -0.344. The average molecular weight is 246 g/mol. The van der Waals surface area contributed by atoms with Crippen LogP contribution in [0.25, 0.3) is 0 Å². The van der Waals surface area contributed by atoms with Gasteiger partial charge in [-0.25, -0.2) is 0 Å². The summed E-state index contributed by atoms with van der Waals surface area (Å²) < 4.78 is 1.18. The summed E-state index contributed by atoms with van der Waals surface area (Å²) in [6, 6.07) is 1.18. The Kier molecular flexibility index (Phi) is 2.74. The van der Waals surface area contributed by atoms with E-state index in [2.05, 4.69) is 19.4 Å². The van der Waals surface area contributed by atoms with Gasteiger partial charge in [-0.05, 0) is 0 Å². The van der Waals surface area contributed by atoms with Crippen molar-refractivity contribution in [2.24, 2.45) is 0 Å². The second kappa shape index (κ2) is 3.87. The monoisotopic (exact) mass is 246 g/mol. The molecule has 3 aliphatic rings. The Hall–Kier alpha value is 0.230. The van der Waals surface area contributed by atoms with Gasteiger partial charge in [-0.3, -0.25) is 9.99 Å². The van der Waals surface area contributed by atoms with Crippen molar-refractivity contribution in [3.8, 4) is 0 Å². The van der Waals surface area contributed by atoms with Crippen molar-refractivity contribution in [1.82, 2.24) is 9.99 Å². The highest BCUT2D eigenvalue weighted by atomic mass is 31.0. The molecule has 6 atom stereocenters. The lowest BCUT2D eigenvalue weighted by atomic mass is 10.1. The van der Waals surface area contributed by atoms with Crippen LogP contribution in [-0.4, -0.2) is 83.2 Å². The second-order valence-corrected chi connectivity index (χ2v) is 5.86. The Morgan fingerprint density at radius 1 is 1.56 bits per heavy atom. The minimum Gasteiger partial charge on any atom is -0.390 e. The van der Waals surface area contributed by atoms with Crippen LogP contribution in [0.1, 0.15) is 0 Å². The largest absolute Gasteiger partial charge is 0.390 e. The second-order valence-electron chi connectivity index (χ2n) is 5.46. The molecule has 3 saturated heterocycles. The Morgan fingerprint density at radius 3 is 3.06 bits per heavy atom. The van der Waals surface area contributed by atoms with Crippen molar-refractivity contribution in [3.05, 3.63) is 0 Å². The molecule has 5 nitrogen and oxygen atoms in total. The molecular weight excluding hydrogens is 225 g/mol. The fourth-order valence-corrected chi connectivity index (χ4v) is 4.01. The molecule has 0 aliphatic carbocycles. The van der Waals surface area contributed by atoms with Crippen molar-refractivity contribution in [2.45, 2.75) is 24.3 Å². The van der Waals surface area contributed by atoms with E-state index in [0.717, 1.165) is 32.7 Å². The first-order valence-corrected chi connectivity index (χ1v) is 6.63. The van der Waals surface area contributed by atoms with Gasteiger partial charge in [-0.2, -0.15) is 0 Å². The summed E-state index contributed by atoms with van der Waals surface area (Å²) in [5.41, 5.74) is 0. The molecule has 3 N–H and O–H groups in total. The molecule has 16 heavy (non-hydrogen) atoms. The molecule has 0 aromatic heterocycles. The van der Waals surface area contributed by atoms with Gasteiger partial charge in [0.25, 0.3) is 0 Å². The van der Waals surface area contributed by atoms with Crippen molar-refractivity contribution >= 4 is 9.39 Å². The molecule has 0 aromatic carbocycles. The number of quaternary nitrogens is 1. The van der Waals surface area contributed by atoms with E-state index < -0.39 is 0 Å². The Balaban J connectivity index is 1.50. The van der Waals surface area contributed by atoms with Gasteiger partial charge in [-0.15, -0.1) is 0 Å². The third-order valence-corrected chi connectivity index (χ3v) is 4.82. The smallest absolute Gasteiger partial charge is 0.175 e. The summed E-state index contributed by atoms with van der Waals surface area (Å²) in [4.78, 5) is 2.34. The molecule has 1 spiro atoms. The lowest BCUT2D eigenvalue weighted by Gasteiger charge is -2.37. The highest BCUT2D eigenvalue weighted by molar-refractivity contribution is 7.13. The highest BCUT2D eigenvalue weighted by Crippen LogP contribution is 2.52. The van der Waals surface area contributed by atoms with Crippen LogP contribution >= 0.6 is 9.39 Å². The van der Waals surface area contributed by atoms with Gasteiger partial charge in [0.05, 0.1) is 19.2 Å². The number of aliphatic hydroxyl groups is 2. The molecule has 0 saturated carbocycles. The normalized spacial score (nSPS) is 47.8. The van der Waals surface area contributed by atoms with Crippen LogP contribution in [0.3, 0.4) is 0 Å². The first-order chi connectivity index (χ1) is 7.67. The minimum atomic E-state index is -0.291. The Bertz CT molecular complexity index is 293. The Morgan fingerprint density at radius 2 is 2.38 bits per heavy atom. The maximum atomic E-state index is 9.73. The quantitative estimate of drug-likeness (QED) is 0.305. The summed E-state index contributed by atoms with van der Waals surface area (Å²) in [6.45, 7) is 5.62. The van der Waals surface area contributed by atoms with Crippen molar-refractivity contribution in [1.29, 1.82) is 0 Å². The van der Waals surface area contributed by atoms with Gasteiger partial charge >= 0.3 is 0 Å². The van der Waals surface area contributed by atoms with Crippen molar-refractivity contribution in [2.75, 3.05) is 39.3 Å². The topological polar surface area (TPSA) is 55.7 Å². The van der Waals surface area contributed by atoms with Crippen LogP contribution in [-0.2, 0) is 0 Å². The fourth-order valence-electron chi connectivity index (χ4n) is 3.74. The zero-order valence-corrected chi connectivity index (χ0v) is 10.6. The molecule has 0 bridgehead atoms. The van der Waals surface area contributed by atoms with Gasteiger partial charge in [-0.1, -0.05) is 9.39 Å². The van der Waals surface area contributed by atoms with Crippen LogP contribution in [0.15, 0.2) is 0 Å². The third-order valence-electron chi connectivity index (χ3n) is 4.58. The van der Waals surface area contributed by atoms with E-state index in [1.54, 1.807) is 0 Å². The number of fused-ring (bicyclic) bond motifs is 1. The van der Waals surface area contributed by atoms with Crippen LogP contribution in [0.4, 0.5) is 0 Å². The zero-order chi connectivity index (χ0) is 11.3. The van der Waals surface area contributed by atoms with E-state index in [1.165, 1.54) is 4.48 Å². The standard InChI is InChI=1S/C10H21N3O2P/c14-7(3-11-16)4-12-1-2-13-6-9(15)10(13)8(13)5-12/h7-11,14-15H,1-6,16H2/q+1/t7?,8-,9?,10?,13?/m1/s1. The lowest BCUT2D eigenvalue weighted by Crippen LogP contribution is -2.57. The van der Waals surface area contributed by atoms with Crippen molar-refractivity contribution < 1.29 is 14.7 Å². The number of aliphatic hydroxyl groups excluding tert-OH is 2. The van der Waals surface area contributed by atoms with Gasteiger partial charge in [0.15, 0.2) is 18.2 Å². The van der Waals surface area contributed by atoms with Crippen LogP contribution < -0.4 is 5.09 Å². The number of nitrogens with zero attached hydrogens (tertiary/aromatic N) is 2. The van der Waals surface area contributed by atoms with E-state index in [1.807, 2.05) is 0 Å². The number of rotatable bonds is 4. The van der Waals surface area contributed by atoms with E-state index >= 15 is 0 Å².